The van der Waals surface area contributed by atoms with Crippen LogP contribution in [0.1, 0.15) is 31.1 Å². The first-order valence-corrected chi connectivity index (χ1v) is 13.8. The molecule has 3 rings (SSSR count). The Morgan fingerprint density at radius 1 is 0.682 bits per heavy atom. The molecule has 0 aliphatic rings. The number of aliphatic hydroxyl groups is 1. The number of hydrogen-bond acceptors (Lipinski definition) is 9. The van der Waals surface area contributed by atoms with Crippen molar-refractivity contribution < 1.29 is 43.2 Å². The second kappa shape index (κ2) is 15.9. The number of rotatable bonds is 15. The molecule has 0 aromatic heterocycles. The molecule has 9 heteroatoms. The summed E-state index contributed by atoms with van der Waals surface area (Å²) in [4.78, 5) is 35.9. The second-order valence-corrected chi connectivity index (χ2v) is 9.95. The fourth-order valence-electron chi connectivity index (χ4n) is 3.69. The average molecular weight is 601 g/mol. The SMILES string of the molecule is C=C(C)C(=O)OCCOC(=O)c1ccc(-c2ccc(-c3ccc(OC(O)C(=C)C)cc3)cc2)c(OCCOC(=O)C(=C)C)c1. The Bertz CT molecular complexity index is 1520. The first-order chi connectivity index (χ1) is 21.0. The third-order valence-corrected chi connectivity index (χ3v) is 6.09. The van der Waals surface area contributed by atoms with Crippen molar-refractivity contribution in [2.75, 3.05) is 26.4 Å². The molecule has 0 aliphatic heterocycles. The molecular formula is C35H36O9. The molecule has 0 spiro atoms. The van der Waals surface area contributed by atoms with E-state index in [-0.39, 0.29) is 43.1 Å². The van der Waals surface area contributed by atoms with Gasteiger partial charge in [0, 0.05) is 16.7 Å². The summed E-state index contributed by atoms with van der Waals surface area (Å²) in [7, 11) is 0. The highest BCUT2D eigenvalue weighted by molar-refractivity contribution is 5.91. The van der Waals surface area contributed by atoms with Gasteiger partial charge in [0.15, 0.2) is 0 Å². The van der Waals surface area contributed by atoms with Crippen LogP contribution in [0.15, 0.2) is 103 Å². The zero-order valence-corrected chi connectivity index (χ0v) is 25.1. The van der Waals surface area contributed by atoms with E-state index in [0.717, 1.165) is 16.7 Å². The highest BCUT2D eigenvalue weighted by Gasteiger charge is 2.15. The third kappa shape index (κ3) is 9.71. The van der Waals surface area contributed by atoms with E-state index in [4.69, 9.17) is 23.7 Å². The van der Waals surface area contributed by atoms with Gasteiger partial charge in [0.05, 0.1) is 5.56 Å². The van der Waals surface area contributed by atoms with Crippen molar-refractivity contribution in [2.24, 2.45) is 0 Å². The minimum Gasteiger partial charge on any atom is -0.489 e. The first kappa shape index (κ1) is 33.4. The van der Waals surface area contributed by atoms with Crippen molar-refractivity contribution in [3.63, 3.8) is 0 Å². The Morgan fingerprint density at radius 3 is 1.73 bits per heavy atom. The maximum Gasteiger partial charge on any atom is 0.338 e. The monoisotopic (exact) mass is 600 g/mol. The largest absolute Gasteiger partial charge is 0.489 e. The van der Waals surface area contributed by atoms with Crippen molar-refractivity contribution in [1.82, 2.24) is 0 Å². The summed E-state index contributed by atoms with van der Waals surface area (Å²) in [5.74, 6) is -0.822. The number of hydrogen-bond donors (Lipinski definition) is 1. The number of aliphatic hydroxyl groups excluding tert-OH is 1. The third-order valence-electron chi connectivity index (χ3n) is 6.09. The fraction of sp³-hybridized carbons (Fsp3) is 0.229. The number of carbonyl (C=O) groups is 3. The normalized spacial score (nSPS) is 11.1. The van der Waals surface area contributed by atoms with Crippen molar-refractivity contribution in [3.8, 4) is 33.8 Å². The number of ether oxygens (including phenoxy) is 5. The molecule has 0 aliphatic carbocycles. The van der Waals surface area contributed by atoms with E-state index in [1.165, 1.54) is 6.92 Å². The first-order valence-electron chi connectivity index (χ1n) is 13.8. The molecule has 230 valence electrons. The molecular weight excluding hydrogens is 564 g/mol. The van der Waals surface area contributed by atoms with Gasteiger partial charge in [-0.05, 0) is 73.4 Å². The smallest absolute Gasteiger partial charge is 0.338 e. The van der Waals surface area contributed by atoms with Crippen LogP contribution in [0.3, 0.4) is 0 Å². The highest BCUT2D eigenvalue weighted by Crippen LogP contribution is 2.33. The van der Waals surface area contributed by atoms with Crippen LogP contribution >= 0.6 is 0 Å². The summed E-state index contributed by atoms with van der Waals surface area (Å²) < 4.78 is 26.7. The Morgan fingerprint density at radius 2 is 1.18 bits per heavy atom. The summed E-state index contributed by atoms with van der Waals surface area (Å²) in [6, 6.07) is 19.9. The Hall–Kier alpha value is -5.15. The van der Waals surface area contributed by atoms with Crippen LogP contribution in [-0.2, 0) is 23.8 Å². The molecule has 1 atom stereocenters. The minimum absolute atomic E-state index is 0.0179. The lowest BCUT2D eigenvalue weighted by molar-refractivity contribution is -0.140. The van der Waals surface area contributed by atoms with Gasteiger partial charge >= 0.3 is 17.9 Å². The molecule has 0 saturated heterocycles. The molecule has 0 amide bonds. The van der Waals surface area contributed by atoms with E-state index in [1.807, 2.05) is 36.4 Å². The van der Waals surface area contributed by atoms with Gasteiger partial charge in [0.2, 0.25) is 6.29 Å². The van der Waals surface area contributed by atoms with Crippen LogP contribution in [-0.4, -0.2) is 55.7 Å². The van der Waals surface area contributed by atoms with E-state index in [0.29, 0.717) is 22.6 Å². The van der Waals surface area contributed by atoms with Gasteiger partial charge in [0.25, 0.3) is 0 Å². The van der Waals surface area contributed by atoms with Crippen LogP contribution < -0.4 is 9.47 Å². The number of carbonyl (C=O) groups excluding carboxylic acids is 3. The van der Waals surface area contributed by atoms with Gasteiger partial charge in [-0.2, -0.15) is 0 Å². The Kier molecular flexibility index (Phi) is 12.1. The van der Waals surface area contributed by atoms with Crippen molar-refractivity contribution in [1.29, 1.82) is 0 Å². The number of esters is 3. The molecule has 3 aromatic carbocycles. The van der Waals surface area contributed by atoms with Gasteiger partial charge < -0.3 is 28.8 Å². The zero-order chi connectivity index (χ0) is 32.2. The molecule has 0 bridgehead atoms. The van der Waals surface area contributed by atoms with Gasteiger partial charge in [-0.1, -0.05) is 56.1 Å². The molecule has 9 nitrogen and oxygen atoms in total. The fourth-order valence-corrected chi connectivity index (χ4v) is 3.69. The second-order valence-electron chi connectivity index (χ2n) is 9.95. The topological polar surface area (TPSA) is 118 Å². The predicted molar refractivity (Wildman–Crippen MR) is 166 cm³/mol. The molecule has 0 heterocycles. The lowest BCUT2D eigenvalue weighted by Crippen LogP contribution is -2.15. The molecule has 1 N–H and O–H groups in total. The van der Waals surface area contributed by atoms with Crippen molar-refractivity contribution in [2.45, 2.75) is 27.1 Å². The van der Waals surface area contributed by atoms with E-state index >= 15 is 0 Å². The lowest BCUT2D eigenvalue weighted by atomic mass is 9.98. The quantitative estimate of drug-likeness (QED) is 0.0554. The minimum atomic E-state index is -1.07. The summed E-state index contributed by atoms with van der Waals surface area (Å²) >= 11 is 0. The van der Waals surface area contributed by atoms with Crippen LogP contribution in [0.4, 0.5) is 0 Å². The molecule has 0 fully saturated rings. The number of benzene rings is 3. The Labute approximate surface area is 257 Å². The van der Waals surface area contributed by atoms with Crippen molar-refractivity contribution in [3.05, 3.63) is 109 Å². The summed E-state index contributed by atoms with van der Waals surface area (Å²) in [5, 5.41) is 9.87. The Balaban J connectivity index is 1.77. The highest BCUT2D eigenvalue weighted by atomic mass is 16.6. The summed E-state index contributed by atoms with van der Waals surface area (Å²) in [6.45, 7) is 15.3. The van der Waals surface area contributed by atoms with Crippen LogP contribution in [0.5, 0.6) is 11.5 Å². The van der Waals surface area contributed by atoms with Crippen LogP contribution in [0.25, 0.3) is 22.3 Å². The molecule has 1 unspecified atom stereocenters. The van der Waals surface area contributed by atoms with E-state index in [1.54, 1.807) is 44.2 Å². The maximum atomic E-state index is 12.7. The standard InChI is InChI=1S/C35H36O9/c1-22(2)32(36)41-18-17-40-31-21-28(35(39)43-20-19-42-33(37)23(3)4)13-16-30(31)27-9-7-25(8-10-27)26-11-14-29(15-12-26)44-34(38)24(5)6/h7-16,21,34,38H,1,3,5,17-20H2,2,4,6H3. The lowest BCUT2D eigenvalue weighted by Gasteiger charge is -2.15. The van der Waals surface area contributed by atoms with Gasteiger partial charge in [-0.3, -0.25) is 0 Å². The average Bonchev–Trinajstić information content (AvgIpc) is 3.01. The van der Waals surface area contributed by atoms with Gasteiger partial charge in [0.1, 0.15) is 37.9 Å². The van der Waals surface area contributed by atoms with E-state index in [2.05, 4.69) is 19.7 Å². The molecule has 3 aromatic rings. The predicted octanol–water partition coefficient (Wildman–Crippen LogP) is 6.07. The van der Waals surface area contributed by atoms with Gasteiger partial charge in [-0.25, -0.2) is 14.4 Å². The zero-order valence-electron chi connectivity index (χ0n) is 25.1. The van der Waals surface area contributed by atoms with Crippen LogP contribution in [0.2, 0.25) is 0 Å². The molecule has 0 saturated carbocycles. The maximum absolute atomic E-state index is 12.7. The van der Waals surface area contributed by atoms with E-state index in [9.17, 15) is 19.5 Å². The van der Waals surface area contributed by atoms with Gasteiger partial charge in [-0.15, -0.1) is 0 Å². The van der Waals surface area contributed by atoms with Crippen LogP contribution in [0, 0.1) is 0 Å². The summed E-state index contributed by atoms with van der Waals surface area (Å²) in [5.41, 5.74) is 4.66. The van der Waals surface area contributed by atoms with Crippen molar-refractivity contribution >= 4 is 17.9 Å². The van der Waals surface area contributed by atoms with E-state index < -0.39 is 24.2 Å². The molecule has 44 heavy (non-hydrogen) atoms. The summed E-state index contributed by atoms with van der Waals surface area (Å²) in [6.07, 6.45) is -1.07. The molecule has 0 radical (unpaired) electrons.